The van der Waals surface area contributed by atoms with E-state index in [1.165, 1.54) is 4.90 Å². The molecule has 9 nitrogen and oxygen atoms in total. The molecule has 1 unspecified atom stereocenters. The number of rotatable bonds is 3. The van der Waals surface area contributed by atoms with Gasteiger partial charge in [-0.05, 0) is 30.3 Å². The zero-order chi connectivity index (χ0) is 18.8. The van der Waals surface area contributed by atoms with Crippen LogP contribution in [0.15, 0.2) is 42.7 Å². The Morgan fingerprint density at radius 2 is 2.04 bits per heavy atom. The SMILES string of the molecule is O=C(Nc1ccc2[nH]nc(-c3ccncc3)c2c1)C1CN(C(=O)O)CCN1. The number of anilines is 1. The lowest BCUT2D eigenvalue weighted by Gasteiger charge is -2.30. The molecule has 4 N–H and O–H groups in total. The van der Waals surface area contributed by atoms with Crippen LogP contribution in [0.5, 0.6) is 0 Å². The van der Waals surface area contributed by atoms with Gasteiger partial charge >= 0.3 is 6.09 Å². The fraction of sp³-hybridized carbons (Fsp3) is 0.222. The predicted octanol–water partition coefficient (Wildman–Crippen LogP) is 1.52. The molecule has 27 heavy (non-hydrogen) atoms. The maximum Gasteiger partial charge on any atom is 0.407 e. The average molecular weight is 366 g/mol. The molecule has 1 saturated heterocycles. The van der Waals surface area contributed by atoms with Crippen LogP contribution in [0.25, 0.3) is 22.2 Å². The van der Waals surface area contributed by atoms with Crippen LogP contribution in [-0.2, 0) is 4.79 Å². The van der Waals surface area contributed by atoms with Crippen molar-refractivity contribution in [2.75, 3.05) is 25.0 Å². The Bertz CT molecular complexity index is 987. The van der Waals surface area contributed by atoms with Gasteiger partial charge in [-0.1, -0.05) is 0 Å². The fourth-order valence-corrected chi connectivity index (χ4v) is 3.15. The van der Waals surface area contributed by atoms with Gasteiger partial charge in [0.05, 0.1) is 5.52 Å². The van der Waals surface area contributed by atoms with Gasteiger partial charge in [0.1, 0.15) is 11.7 Å². The summed E-state index contributed by atoms with van der Waals surface area (Å²) in [5.41, 5.74) is 3.17. The molecule has 0 bridgehead atoms. The summed E-state index contributed by atoms with van der Waals surface area (Å²) >= 11 is 0. The van der Waals surface area contributed by atoms with Gasteiger partial charge in [-0.25, -0.2) is 4.79 Å². The van der Waals surface area contributed by atoms with Gasteiger partial charge in [-0.15, -0.1) is 0 Å². The minimum atomic E-state index is -1.02. The van der Waals surface area contributed by atoms with Crippen molar-refractivity contribution in [3.63, 3.8) is 0 Å². The van der Waals surface area contributed by atoms with Crippen LogP contribution in [0.2, 0.25) is 0 Å². The van der Waals surface area contributed by atoms with E-state index in [0.717, 1.165) is 22.2 Å². The highest BCUT2D eigenvalue weighted by molar-refractivity contribution is 6.00. The molecular weight excluding hydrogens is 348 g/mol. The zero-order valence-corrected chi connectivity index (χ0v) is 14.3. The van der Waals surface area contributed by atoms with Crippen LogP contribution < -0.4 is 10.6 Å². The van der Waals surface area contributed by atoms with Gasteiger partial charge in [0.2, 0.25) is 5.91 Å². The minimum absolute atomic E-state index is 0.122. The number of fused-ring (bicyclic) bond motifs is 1. The third kappa shape index (κ3) is 3.44. The topological polar surface area (TPSA) is 123 Å². The van der Waals surface area contributed by atoms with Gasteiger partial charge < -0.3 is 20.6 Å². The molecule has 1 aliphatic rings. The largest absolute Gasteiger partial charge is 0.465 e. The Morgan fingerprint density at radius 1 is 1.22 bits per heavy atom. The van der Waals surface area contributed by atoms with E-state index in [2.05, 4.69) is 25.8 Å². The molecule has 0 spiro atoms. The highest BCUT2D eigenvalue weighted by Crippen LogP contribution is 2.28. The number of carbonyl (C=O) groups excluding carboxylic acids is 1. The third-order valence-corrected chi connectivity index (χ3v) is 4.55. The first-order valence-corrected chi connectivity index (χ1v) is 8.52. The van der Waals surface area contributed by atoms with Crippen molar-refractivity contribution in [1.29, 1.82) is 0 Å². The molecule has 138 valence electrons. The molecule has 0 aliphatic carbocycles. The molecular formula is C18H18N6O3. The van der Waals surface area contributed by atoms with E-state index < -0.39 is 12.1 Å². The van der Waals surface area contributed by atoms with Crippen molar-refractivity contribution in [3.05, 3.63) is 42.7 Å². The van der Waals surface area contributed by atoms with Crippen LogP contribution in [0.3, 0.4) is 0 Å². The number of nitrogens with one attached hydrogen (secondary N) is 3. The van der Waals surface area contributed by atoms with Crippen LogP contribution in [0.1, 0.15) is 0 Å². The Balaban J connectivity index is 1.56. The molecule has 2 amide bonds. The number of nitrogens with zero attached hydrogens (tertiary/aromatic N) is 3. The fourth-order valence-electron chi connectivity index (χ4n) is 3.15. The maximum absolute atomic E-state index is 12.5. The Morgan fingerprint density at radius 3 is 2.81 bits per heavy atom. The van der Waals surface area contributed by atoms with Gasteiger partial charge in [0, 0.05) is 48.7 Å². The number of carboxylic acid groups (broad SMARTS) is 1. The summed E-state index contributed by atoms with van der Waals surface area (Å²) in [4.78, 5) is 28.9. The minimum Gasteiger partial charge on any atom is -0.465 e. The zero-order valence-electron chi connectivity index (χ0n) is 14.3. The van der Waals surface area contributed by atoms with E-state index in [1.54, 1.807) is 18.5 Å². The van der Waals surface area contributed by atoms with E-state index >= 15 is 0 Å². The number of carbonyl (C=O) groups is 2. The van der Waals surface area contributed by atoms with Crippen molar-refractivity contribution in [1.82, 2.24) is 25.4 Å². The third-order valence-electron chi connectivity index (χ3n) is 4.55. The van der Waals surface area contributed by atoms with E-state index in [9.17, 15) is 9.59 Å². The number of piperazine rings is 1. The quantitative estimate of drug-likeness (QED) is 0.557. The normalized spacial score (nSPS) is 17.0. The first kappa shape index (κ1) is 17.0. The van der Waals surface area contributed by atoms with Crippen molar-refractivity contribution in [2.45, 2.75) is 6.04 Å². The standard InChI is InChI=1S/C18H18N6O3/c25-17(15-10-24(18(26)27)8-7-20-15)21-12-1-2-14-13(9-12)16(23-22-14)11-3-5-19-6-4-11/h1-6,9,15,20H,7-8,10H2,(H,21,25)(H,22,23)(H,26,27). The summed E-state index contributed by atoms with van der Waals surface area (Å²) in [6.45, 7) is 0.935. The molecule has 4 rings (SSSR count). The lowest BCUT2D eigenvalue weighted by atomic mass is 10.1. The van der Waals surface area contributed by atoms with E-state index in [1.807, 2.05) is 24.3 Å². The lowest BCUT2D eigenvalue weighted by molar-refractivity contribution is -0.118. The second-order valence-corrected chi connectivity index (χ2v) is 6.29. The first-order valence-electron chi connectivity index (χ1n) is 8.52. The highest BCUT2D eigenvalue weighted by Gasteiger charge is 2.27. The molecule has 0 radical (unpaired) electrons. The number of H-pyrrole nitrogens is 1. The number of hydrogen-bond acceptors (Lipinski definition) is 5. The van der Waals surface area contributed by atoms with Gasteiger partial charge in [0.15, 0.2) is 0 Å². The van der Waals surface area contributed by atoms with Crippen LogP contribution in [0, 0.1) is 0 Å². The lowest BCUT2D eigenvalue weighted by Crippen LogP contribution is -2.56. The Labute approximate surface area is 154 Å². The molecule has 3 aromatic rings. The van der Waals surface area contributed by atoms with Gasteiger partial charge in [-0.3, -0.25) is 14.9 Å². The molecule has 1 aliphatic heterocycles. The van der Waals surface area contributed by atoms with Crippen LogP contribution in [-0.4, -0.2) is 62.9 Å². The van der Waals surface area contributed by atoms with E-state index in [0.29, 0.717) is 18.8 Å². The number of aromatic amines is 1. The van der Waals surface area contributed by atoms with E-state index in [-0.39, 0.29) is 12.5 Å². The summed E-state index contributed by atoms with van der Waals surface area (Å²) < 4.78 is 0. The molecule has 0 saturated carbocycles. The number of aromatic nitrogens is 3. The summed E-state index contributed by atoms with van der Waals surface area (Å²) in [7, 11) is 0. The van der Waals surface area contributed by atoms with Gasteiger partial charge in [0.25, 0.3) is 0 Å². The van der Waals surface area contributed by atoms with Gasteiger partial charge in [-0.2, -0.15) is 5.10 Å². The molecule has 1 aromatic carbocycles. The second-order valence-electron chi connectivity index (χ2n) is 6.29. The van der Waals surface area contributed by atoms with Crippen LogP contribution in [0.4, 0.5) is 10.5 Å². The van der Waals surface area contributed by atoms with Crippen molar-refractivity contribution in [2.24, 2.45) is 0 Å². The smallest absolute Gasteiger partial charge is 0.407 e. The predicted molar refractivity (Wildman–Crippen MR) is 99.3 cm³/mol. The number of hydrogen-bond donors (Lipinski definition) is 4. The molecule has 2 aromatic heterocycles. The summed E-state index contributed by atoms with van der Waals surface area (Å²) in [5.74, 6) is -0.269. The summed E-state index contributed by atoms with van der Waals surface area (Å²) in [6, 6.07) is 8.63. The number of pyridine rings is 1. The van der Waals surface area contributed by atoms with Crippen molar-refractivity contribution in [3.8, 4) is 11.3 Å². The molecule has 1 atom stereocenters. The monoisotopic (exact) mass is 366 g/mol. The Kier molecular flexibility index (Phi) is 4.43. The van der Waals surface area contributed by atoms with E-state index in [4.69, 9.17) is 5.11 Å². The Hall–Kier alpha value is -3.46. The number of amides is 2. The maximum atomic E-state index is 12.5. The van der Waals surface area contributed by atoms with Crippen molar-refractivity contribution < 1.29 is 14.7 Å². The first-order chi connectivity index (χ1) is 13.1. The summed E-state index contributed by atoms with van der Waals surface area (Å²) in [5, 5.41) is 23.2. The molecule has 9 heteroatoms. The molecule has 3 heterocycles. The second kappa shape index (κ2) is 7.04. The van der Waals surface area contributed by atoms with Crippen LogP contribution >= 0.6 is 0 Å². The molecule has 1 fully saturated rings. The number of benzene rings is 1. The average Bonchev–Trinajstić information content (AvgIpc) is 3.12. The van der Waals surface area contributed by atoms with Crippen molar-refractivity contribution >= 4 is 28.6 Å². The highest BCUT2D eigenvalue weighted by atomic mass is 16.4. The summed E-state index contributed by atoms with van der Waals surface area (Å²) in [6.07, 6.45) is 2.38.